The van der Waals surface area contributed by atoms with Crippen LogP contribution in [0.5, 0.6) is 0 Å². The highest BCUT2D eigenvalue weighted by atomic mass is 16.5. The highest BCUT2D eigenvalue weighted by molar-refractivity contribution is 5.90. The van der Waals surface area contributed by atoms with E-state index in [9.17, 15) is 4.79 Å². The van der Waals surface area contributed by atoms with Gasteiger partial charge in [-0.2, -0.15) is 0 Å². The summed E-state index contributed by atoms with van der Waals surface area (Å²) in [7, 11) is 0. The molecule has 2 aromatic carbocycles. The van der Waals surface area contributed by atoms with Crippen LogP contribution in [0, 0.1) is 0 Å². The molecule has 0 unspecified atom stereocenters. The summed E-state index contributed by atoms with van der Waals surface area (Å²) in [5.41, 5.74) is 2.33. The number of nitrogens with zero attached hydrogens (tertiary/aromatic N) is 1. The SMILES string of the molecule is O=C1C=C[C@@H](CCOCc2ccccc2)N1Cc1ccccc1. The van der Waals surface area contributed by atoms with Crippen molar-refractivity contribution in [3.63, 3.8) is 0 Å². The molecule has 1 aliphatic heterocycles. The molecule has 1 atom stereocenters. The molecule has 0 radical (unpaired) electrons. The van der Waals surface area contributed by atoms with Gasteiger partial charge in [-0.3, -0.25) is 4.79 Å². The van der Waals surface area contributed by atoms with E-state index in [4.69, 9.17) is 4.74 Å². The van der Waals surface area contributed by atoms with Crippen molar-refractivity contribution < 1.29 is 9.53 Å². The standard InChI is InChI=1S/C20H21NO2/c22-20-12-11-19(21(20)15-17-7-3-1-4-8-17)13-14-23-16-18-9-5-2-6-10-18/h1-12,19H,13-16H2/t19-/m0/s1. The number of amides is 1. The maximum atomic E-state index is 12.0. The fourth-order valence-electron chi connectivity index (χ4n) is 2.75. The number of hydrogen-bond donors (Lipinski definition) is 0. The van der Waals surface area contributed by atoms with E-state index in [-0.39, 0.29) is 11.9 Å². The molecule has 0 bridgehead atoms. The van der Waals surface area contributed by atoms with Gasteiger partial charge < -0.3 is 9.64 Å². The number of ether oxygens (including phenoxy) is 1. The fourth-order valence-corrected chi connectivity index (χ4v) is 2.75. The zero-order valence-electron chi connectivity index (χ0n) is 13.1. The minimum atomic E-state index is 0.0851. The molecule has 0 saturated heterocycles. The Morgan fingerprint density at radius 1 is 0.913 bits per heavy atom. The van der Waals surface area contributed by atoms with Crippen LogP contribution in [0.1, 0.15) is 17.5 Å². The maximum Gasteiger partial charge on any atom is 0.247 e. The second-order valence-electron chi connectivity index (χ2n) is 5.71. The molecule has 0 aromatic heterocycles. The largest absolute Gasteiger partial charge is 0.377 e. The van der Waals surface area contributed by atoms with E-state index >= 15 is 0 Å². The number of rotatable bonds is 7. The molecule has 23 heavy (non-hydrogen) atoms. The van der Waals surface area contributed by atoms with Crippen LogP contribution in [0.4, 0.5) is 0 Å². The second kappa shape index (κ2) is 7.75. The Hall–Kier alpha value is -2.39. The molecule has 0 saturated carbocycles. The Morgan fingerprint density at radius 3 is 2.26 bits per heavy atom. The van der Waals surface area contributed by atoms with Crippen LogP contribution in [0.3, 0.4) is 0 Å². The summed E-state index contributed by atoms with van der Waals surface area (Å²) >= 11 is 0. The van der Waals surface area contributed by atoms with Gasteiger partial charge in [0.1, 0.15) is 0 Å². The van der Waals surface area contributed by atoms with Gasteiger partial charge in [-0.1, -0.05) is 66.7 Å². The molecule has 2 aromatic rings. The maximum absolute atomic E-state index is 12.0. The van der Waals surface area contributed by atoms with Crippen LogP contribution in [0.15, 0.2) is 72.8 Å². The zero-order valence-corrected chi connectivity index (χ0v) is 13.1. The second-order valence-corrected chi connectivity index (χ2v) is 5.71. The third-order valence-corrected chi connectivity index (χ3v) is 4.01. The monoisotopic (exact) mass is 307 g/mol. The molecule has 3 rings (SSSR count). The van der Waals surface area contributed by atoms with Crippen LogP contribution in [0.2, 0.25) is 0 Å². The van der Waals surface area contributed by atoms with Crippen molar-refractivity contribution in [1.82, 2.24) is 4.90 Å². The molecule has 3 nitrogen and oxygen atoms in total. The third-order valence-electron chi connectivity index (χ3n) is 4.01. The first kappa shape index (κ1) is 15.5. The van der Waals surface area contributed by atoms with E-state index in [0.717, 1.165) is 12.0 Å². The predicted molar refractivity (Wildman–Crippen MR) is 90.6 cm³/mol. The van der Waals surface area contributed by atoms with Crippen LogP contribution >= 0.6 is 0 Å². The van der Waals surface area contributed by atoms with Crippen molar-refractivity contribution in [2.45, 2.75) is 25.6 Å². The molecule has 0 N–H and O–H groups in total. The van der Waals surface area contributed by atoms with Gasteiger partial charge in [0.25, 0.3) is 0 Å². The van der Waals surface area contributed by atoms with Crippen LogP contribution in [-0.2, 0) is 22.7 Å². The molecule has 3 heteroatoms. The molecule has 0 aliphatic carbocycles. The van der Waals surface area contributed by atoms with E-state index in [0.29, 0.717) is 19.8 Å². The molecule has 1 heterocycles. The van der Waals surface area contributed by atoms with E-state index in [1.165, 1.54) is 5.56 Å². The third kappa shape index (κ3) is 4.30. The van der Waals surface area contributed by atoms with E-state index in [1.807, 2.05) is 47.4 Å². The Kier molecular flexibility index (Phi) is 5.22. The summed E-state index contributed by atoms with van der Waals surface area (Å²) < 4.78 is 5.74. The van der Waals surface area contributed by atoms with E-state index in [1.54, 1.807) is 6.08 Å². The van der Waals surface area contributed by atoms with Crippen molar-refractivity contribution in [3.8, 4) is 0 Å². The van der Waals surface area contributed by atoms with Gasteiger partial charge in [0, 0.05) is 19.2 Å². The minimum Gasteiger partial charge on any atom is -0.377 e. The highest BCUT2D eigenvalue weighted by Crippen LogP contribution is 2.18. The Balaban J connectivity index is 1.48. The summed E-state index contributed by atoms with van der Waals surface area (Å²) in [6.07, 6.45) is 4.48. The van der Waals surface area contributed by atoms with Crippen molar-refractivity contribution in [1.29, 1.82) is 0 Å². The lowest BCUT2D eigenvalue weighted by molar-refractivity contribution is -0.126. The molecule has 1 amide bonds. The summed E-state index contributed by atoms with van der Waals surface area (Å²) in [4.78, 5) is 13.9. The Labute approximate surface area is 137 Å². The fraction of sp³-hybridized carbons (Fsp3) is 0.250. The summed E-state index contributed by atoms with van der Waals surface area (Å²) in [5.74, 6) is 0.0851. The van der Waals surface area contributed by atoms with Gasteiger partial charge in [0.05, 0.1) is 12.6 Å². The van der Waals surface area contributed by atoms with Crippen molar-refractivity contribution >= 4 is 5.91 Å². The normalized spacial score (nSPS) is 17.0. The average molecular weight is 307 g/mol. The lowest BCUT2D eigenvalue weighted by atomic mass is 10.1. The summed E-state index contributed by atoms with van der Waals surface area (Å²) in [6.45, 7) is 1.91. The molecule has 1 aliphatic rings. The molecular weight excluding hydrogens is 286 g/mol. The van der Waals surface area contributed by atoms with Gasteiger partial charge in [-0.25, -0.2) is 0 Å². The first-order valence-corrected chi connectivity index (χ1v) is 7.97. The van der Waals surface area contributed by atoms with Crippen molar-refractivity contribution in [3.05, 3.63) is 83.9 Å². The van der Waals surface area contributed by atoms with Crippen LogP contribution < -0.4 is 0 Å². The van der Waals surface area contributed by atoms with E-state index in [2.05, 4.69) is 24.3 Å². The molecule has 0 fully saturated rings. The topological polar surface area (TPSA) is 29.5 Å². The Morgan fingerprint density at radius 2 is 1.57 bits per heavy atom. The molecule has 0 spiro atoms. The van der Waals surface area contributed by atoms with Crippen molar-refractivity contribution in [2.24, 2.45) is 0 Å². The first-order valence-electron chi connectivity index (χ1n) is 7.97. The van der Waals surface area contributed by atoms with Gasteiger partial charge in [-0.15, -0.1) is 0 Å². The smallest absolute Gasteiger partial charge is 0.247 e. The van der Waals surface area contributed by atoms with E-state index < -0.39 is 0 Å². The molecule has 118 valence electrons. The minimum absolute atomic E-state index is 0.0851. The summed E-state index contributed by atoms with van der Waals surface area (Å²) in [6, 6.07) is 20.4. The quantitative estimate of drug-likeness (QED) is 0.732. The van der Waals surface area contributed by atoms with Gasteiger partial charge in [-0.05, 0) is 17.5 Å². The predicted octanol–water partition coefficient (Wildman–Crippen LogP) is 3.56. The Bertz CT molecular complexity index is 652. The van der Waals surface area contributed by atoms with Crippen LogP contribution in [-0.4, -0.2) is 23.5 Å². The van der Waals surface area contributed by atoms with Gasteiger partial charge in [0.15, 0.2) is 0 Å². The van der Waals surface area contributed by atoms with Gasteiger partial charge in [0.2, 0.25) is 5.91 Å². The van der Waals surface area contributed by atoms with Crippen LogP contribution in [0.25, 0.3) is 0 Å². The summed E-state index contributed by atoms with van der Waals surface area (Å²) in [5, 5.41) is 0. The first-order chi connectivity index (χ1) is 11.3. The number of carbonyl (C=O) groups is 1. The number of hydrogen-bond acceptors (Lipinski definition) is 2. The lowest BCUT2D eigenvalue weighted by Crippen LogP contribution is -2.34. The molecular formula is C20H21NO2. The van der Waals surface area contributed by atoms with Crippen molar-refractivity contribution in [2.75, 3.05) is 6.61 Å². The lowest BCUT2D eigenvalue weighted by Gasteiger charge is -2.24. The number of carbonyl (C=O) groups excluding carboxylic acids is 1. The number of benzene rings is 2. The highest BCUT2D eigenvalue weighted by Gasteiger charge is 2.25. The van der Waals surface area contributed by atoms with Gasteiger partial charge >= 0.3 is 0 Å². The average Bonchev–Trinajstić information content (AvgIpc) is 2.94. The zero-order chi connectivity index (χ0) is 15.9.